The van der Waals surface area contributed by atoms with Crippen molar-refractivity contribution < 1.29 is 23.1 Å². The molecule has 7 nitrogen and oxygen atoms in total. The lowest BCUT2D eigenvalue weighted by atomic mass is 9.95. The van der Waals surface area contributed by atoms with Crippen molar-refractivity contribution in [2.75, 3.05) is 12.3 Å². The second kappa shape index (κ2) is 3.92. The molecule has 1 saturated carbocycles. The van der Waals surface area contributed by atoms with E-state index in [-0.39, 0.29) is 0 Å². The van der Waals surface area contributed by atoms with Crippen LogP contribution in [-0.4, -0.2) is 54.5 Å². The molecule has 1 amide bonds. The number of aliphatic carboxylic acids is 1. The lowest BCUT2D eigenvalue weighted by molar-refractivity contribution is -0.147. The summed E-state index contributed by atoms with van der Waals surface area (Å²) in [5.41, 5.74) is -1.62. The second-order valence-electron chi connectivity index (χ2n) is 5.60. The fourth-order valence-electron chi connectivity index (χ4n) is 3.24. The molecule has 4 atom stereocenters. The lowest BCUT2D eigenvalue weighted by Gasteiger charge is -2.28. The predicted octanol–water partition coefficient (Wildman–Crippen LogP) is -1.51. The molecule has 8 heteroatoms. The van der Waals surface area contributed by atoms with Gasteiger partial charge in [0.05, 0.1) is 17.0 Å². The summed E-state index contributed by atoms with van der Waals surface area (Å²) in [5.74, 6) is -2.60. The molecule has 3 N–H and O–H groups in total. The number of sulfone groups is 1. The summed E-state index contributed by atoms with van der Waals surface area (Å²) in [5, 5.41) is 14.3. The number of carboxylic acid groups (broad SMARTS) is 1. The molecular weight excluding hydrogens is 272 g/mol. The summed E-state index contributed by atoms with van der Waals surface area (Å²) in [6.07, 6.45) is 1.86. The first-order chi connectivity index (χ1) is 8.87. The number of carbonyl (C=O) groups is 2. The molecule has 19 heavy (non-hydrogen) atoms. The van der Waals surface area contributed by atoms with Gasteiger partial charge in [-0.25, -0.2) is 13.2 Å². The molecule has 0 spiro atoms. The van der Waals surface area contributed by atoms with Crippen molar-refractivity contribution in [3.8, 4) is 0 Å². The van der Waals surface area contributed by atoms with Crippen LogP contribution in [0.5, 0.6) is 0 Å². The van der Waals surface area contributed by atoms with Gasteiger partial charge in [-0.3, -0.25) is 4.79 Å². The van der Waals surface area contributed by atoms with E-state index in [2.05, 4.69) is 10.6 Å². The third-order valence-electron chi connectivity index (χ3n) is 4.36. The minimum Gasteiger partial charge on any atom is -0.479 e. The van der Waals surface area contributed by atoms with Gasteiger partial charge in [-0.1, -0.05) is 0 Å². The minimum atomic E-state index is -3.39. The molecule has 2 saturated heterocycles. The highest BCUT2D eigenvalue weighted by atomic mass is 32.2. The maximum absolute atomic E-state index is 12.1. The van der Waals surface area contributed by atoms with E-state index in [0.29, 0.717) is 12.8 Å². The summed E-state index contributed by atoms with van der Waals surface area (Å²) in [4.78, 5) is 23.6. The zero-order chi connectivity index (χ0) is 13.8. The molecule has 106 valence electrons. The maximum atomic E-state index is 12.1. The molecule has 3 rings (SSSR count). The number of hydrogen-bond donors (Lipinski definition) is 3. The molecule has 2 heterocycles. The molecule has 0 unspecified atom stereocenters. The molecule has 3 fully saturated rings. The van der Waals surface area contributed by atoms with Gasteiger partial charge in [0.2, 0.25) is 5.91 Å². The van der Waals surface area contributed by atoms with Gasteiger partial charge in [0, 0.05) is 5.92 Å². The molecule has 0 radical (unpaired) electrons. The van der Waals surface area contributed by atoms with Crippen LogP contribution < -0.4 is 10.6 Å². The Balaban J connectivity index is 1.83. The van der Waals surface area contributed by atoms with Crippen molar-refractivity contribution in [1.29, 1.82) is 0 Å². The molecule has 0 bridgehead atoms. The third-order valence-corrected chi connectivity index (χ3v) is 6.66. The third kappa shape index (κ3) is 1.85. The van der Waals surface area contributed by atoms with E-state index in [4.69, 9.17) is 0 Å². The van der Waals surface area contributed by atoms with Crippen LogP contribution in [-0.2, 0) is 19.4 Å². The number of nitrogens with one attached hydrogen (secondary N) is 2. The van der Waals surface area contributed by atoms with Crippen LogP contribution in [0.3, 0.4) is 0 Å². The Bertz CT molecular complexity index is 539. The van der Waals surface area contributed by atoms with Gasteiger partial charge in [-0.15, -0.1) is 0 Å². The predicted molar refractivity (Wildman–Crippen MR) is 65.2 cm³/mol. The first-order valence-electron chi connectivity index (χ1n) is 6.37. The Morgan fingerprint density at radius 3 is 2.53 bits per heavy atom. The van der Waals surface area contributed by atoms with E-state index in [9.17, 15) is 23.1 Å². The number of amides is 1. The first-order valence-corrected chi connectivity index (χ1v) is 8.09. The Morgan fingerprint density at radius 2 is 2.11 bits per heavy atom. The van der Waals surface area contributed by atoms with E-state index >= 15 is 0 Å². The zero-order valence-electron chi connectivity index (χ0n) is 10.3. The summed E-state index contributed by atoms with van der Waals surface area (Å²) in [6, 6.07) is -0.406. The second-order valence-corrected chi connectivity index (χ2v) is 7.82. The summed E-state index contributed by atoms with van der Waals surface area (Å²) >= 11 is 0. The Labute approximate surface area is 110 Å². The van der Waals surface area contributed by atoms with Crippen LogP contribution in [0.4, 0.5) is 0 Å². The number of hydrogen-bond acceptors (Lipinski definition) is 5. The lowest BCUT2D eigenvalue weighted by Crippen LogP contribution is -2.61. The number of carbonyl (C=O) groups excluding carboxylic acids is 1. The van der Waals surface area contributed by atoms with Crippen LogP contribution in [0.15, 0.2) is 0 Å². The monoisotopic (exact) mass is 288 g/mol. The van der Waals surface area contributed by atoms with Crippen LogP contribution in [0.1, 0.15) is 19.3 Å². The van der Waals surface area contributed by atoms with Gasteiger partial charge >= 0.3 is 5.97 Å². The highest BCUT2D eigenvalue weighted by molar-refractivity contribution is 7.92. The van der Waals surface area contributed by atoms with Gasteiger partial charge < -0.3 is 15.7 Å². The quantitative estimate of drug-likeness (QED) is 0.582. The molecule has 0 aromatic carbocycles. The van der Waals surface area contributed by atoms with E-state index in [1.807, 2.05) is 0 Å². The summed E-state index contributed by atoms with van der Waals surface area (Å²) < 4.78 is 23.6. The standard InChI is InChI=1S/C11H16N2O5S/c14-9(7-2-1-3-12-7)13-11(10(15)16)5-19(17,18)8-4-6(8)11/h6-8,12H,1-5H2,(H,13,14)(H,15,16)/t6-,7+,8+,11+/m1/s1. The number of fused-ring (bicyclic) bond motifs is 1. The van der Waals surface area contributed by atoms with Gasteiger partial charge in [0.15, 0.2) is 15.4 Å². The van der Waals surface area contributed by atoms with Crippen molar-refractivity contribution in [3.63, 3.8) is 0 Å². The van der Waals surface area contributed by atoms with Crippen molar-refractivity contribution in [1.82, 2.24) is 10.6 Å². The van der Waals surface area contributed by atoms with E-state index in [0.717, 1.165) is 13.0 Å². The van der Waals surface area contributed by atoms with E-state index < -0.39 is 50.2 Å². The molecule has 1 aliphatic carbocycles. The highest BCUT2D eigenvalue weighted by Gasteiger charge is 2.70. The van der Waals surface area contributed by atoms with Gasteiger partial charge in [-0.05, 0) is 25.8 Å². The fraction of sp³-hybridized carbons (Fsp3) is 0.818. The fourth-order valence-corrected chi connectivity index (χ4v) is 5.73. The van der Waals surface area contributed by atoms with Crippen LogP contribution in [0.25, 0.3) is 0 Å². The van der Waals surface area contributed by atoms with E-state index in [1.54, 1.807) is 0 Å². The van der Waals surface area contributed by atoms with Gasteiger partial charge in [0.1, 0.15) is 0 Å². The number of rotatable bonds is 3. The van der Waals surface area contributed by atoms with Crippen LogP contribution >= 0.6 is 0 Å². The first kappa shape index (κ1) is 12.9. The molecule has 3 aliphatic rings. The van der Waals surface area contributed by atoms with Crippen molar-refractivity contribution in [2.24, 2.45) is 5.92 Å². The average molecular weight is 288 g/mol. The van der Waals surface area contributed by atoms with Crippen molar-refractivity contribution in [3.05, 3.63) is 0 Å². The summed E-state index contributed by atoms with van der Waals surface area (Å²) in [7, 11) is -3.39. The van der Waals surface area contributed by atoms with Crippen LogP contribution in [0, 0.1) is 5.92 Å². The largest absolute Gasteiger partial charge is 0.479 e. The molecule has 2 aliphatic heterocycles. The number of carboxylic acids is 1. The Morgan fingerprint density at radius 1 is 1.37 bits per heavy atom. The maximum Gasteiger partial charge on any atom is 0.330 e. The van der Waals surface area contributed by atoms with Crippen LogP contribution in [0.2, 0.25) is 0 Å². The topological polar surface area (TPSA) is 113 Å². The normalized spacial score (nSPS) is 42.6. The van der Waals surface area contributed by atoms with Crippen molar-refractivity contribution >= 4 is 21.7 Å². The molecule has 0 aromatic rings. The molecular formula is C11H16N2O5S. The molecule has 0 aromatic heterocycles. The summed E-state index contributed by atoms with van der Waals surface area (Å²) in [6.45, 7) is 0.725. The highest BCUT2D eigenvalue weighted by Crippen LogP contribution is 2.52. The smallest absolute Gasteiger partial charge is 0.330 e. The van der Waals surface area contributed by atoms with Gasteiger partial charge in [0.25, 0.3) is 0 Å². The van der Waals surface area contributed by atoms with Crippen molar-refractivity contribution in [2.45, 2.75) is 36.1 Å². The average Bonchev–Trinajstić information content (AvgIpc) is 2.88. The Hall–Kier alpha value is -1.15. The van der Waals surface area contributed by atoms with E-state index in [1.165, 1.54) is 0 Å². The van der Waals surface area contributed by atoms with Gasteiger partial charge in [-0.2, -0.15) is 0 Å². The zero-order valence-corrected chi connectivity index (χ0v) is 11.1. The minimum absolute atomic E-state index is 0.340. The SMILES string of the molecule is O=C(N[C@@]1(C(=O)O)CS(=O)(=O)[C@H]2C[C@H]21)[C@@H]1CCCN1. The Kier molecular flexibility index (Phi) is 2.66.